The van der Waals surface area contributed by atoms with Crippen LogP contribution in [0.5, 0.6) is 11.5 Å². The van der Waals surface area contributed by atoms with Crippen LogP contribution in [-0.2, 0) is 0 Å². The summed E-state index contributed by atoms with van der Waals surface area (Å²) in [6.07, 6.45) is 0. The molecule has 0 amide bonds. The first kappa shape index (κ1) is 10.9. The maximum absolute atomic E-state index is 5.58. The lowest BCUT2D eigenvalue weighted by Crippen LogP contribution is -2.23. The first-order valence-electron chi connectivity index (χ1n) is 4.83. The lowest BCUT2D eigenvalue weighted by Gasteiger charge is -2.10. The Morgan fingerprint density at radius 1 is 1.29 bits per heavy atom. The molecule has 0 aliphatic rings. The Balaban J connectivity index is 2.54. The summed E-state index contributed by atoms with van der Waals surface area (Å²) in [7, 11) is 0. The minimum atomic E-state index is 0.0470. The Kier molecular flexibility index (Phi) is 4.26. The highest BCUT2D eigenvalue weighted by molar-refractivity contribution is 5.32. The van der Waals surface area contributed by atoms with E-state index in [4.69, 9.17) is 15.2 Å². The van der Waals surface area contributed by atoms with Crippen molar-refractivity contribution in [3.05, 3.63) is 24.3 Å². The largest absolute Gasteiger partial charge is 0.494 e. The van der Waals surface area contributed by atoms with Gasteiger partial charge >= 0.3 is 0 Å². The maximum Gasteiger partial charge on any atom is 0.123 e. The van der Waals surface area contributed by atoms with Gasteiger partial charge in [0.1, 0.15) is 18.1 Å². The van der Waals surface area contributed by atoms with Crippen LogP contribution >= 0.6 is 0 Å². The van der Waals surface area contributed by atoms with E-state index in [1.54, 1.807) is 0 Å². The van der Waals surface area contributed by atoms with Gasteiger partial charge in [-0.3, -0.25) is 0 Å². The topological polar surface area (TPSA) is 44.5 Å². The summed E-state index contributed by atoms with van der Waals surface area (Å²) in [6.45, 7) is 5.05. The highest BCUT2D eigenvalue weighted by atomic mass is 16.5. The van der Waals surface area contributed by atoms with E-state index in [1.165, 1.54) is 0 Å². The average Bonchev–Trinajstić information content (AvgIpc) is 2.16. The molecule has 1 aromatic rings. The molecular formula is C11H17NO2. The first-order chi connectivity index (χ1) is 6.72. The first-order valence-corrected chi connectivity index (χ1v) is 4.83. The van der Waals surface area contributed by atoms with Crippen LogP contribution < -0.4 is 15.2 Å². The molecule has 0 saturated heterocycles. The van der Waals surface area contributed by atoms with E-state index in [0.717, 1.165) is 11.5 Å². The molecule has 0 aromatic heterocycles. The molecule has 0 heterocycles. The van der Waals surface area contributed by atoms with E-state index in [0.29, 0.717) is 13.2 Å². The molecule has 0 fully saturated rings. The van der Waals surface area contributed by atoms with E-state index in [2.05, 4.69) is 0 Å². The van der Waals surface area contributed by atoms with Gasteiger partial charge in [0.25, 0.3) is 0 Å². The van der Waals surface area contributed by atoms with Crippen molar-refractivity contribution in [2.45, 2.75) is 19.9 Å². The fourth-order valence-electron chi connectivity index (χ4n) is 1.05. The third-order valence-electron chi connectivity index (χ3n) is 1.63. The summed E-state index contributed by atoms with van der Waals surface area (Å²) in [5, 5.41) is 0. The molecule has 0 radical (unpaired) electrons. The SMILES string of the molecule is CCOc1cccc(OC[C@H](C)N)c1. The Morgan fingerprint density at radius 3 is 2.50 bits per heavy atom. The zero-order valence-corrected chi connectivity index (χ0v) is 8.69. The molecule has 2 N–H and O–H groups in total. The number of hydrogen-bond acceptors (Lipinski definition) is 3. The normalized spacial score (nSPS) is 12.2. The van der Waals surface area contributed by atoms with Gasteiger partial charge in [-0.1, -0.05) is 6.07 Å². The second-order valence-electron chi connectivity index (χ2n) is 3.20. The Hall–Kier alpha value is -1.22. The van der Waals surface area contributed by atoms with Crippen LogP contribution in [0.4, 0.5) is 0 Å². The molecule has 0 saturated carbocycles. The molecule has 0 aliphatic carbocycles. The van der Waals surface area contributed by atoms with Gasteiger partial charge in [-0.05, 0) is 26.0 Å². The standard InChI is InChI=1S/C11H17NO2/c1-3-13-10-5-4-6-11(7-10)14-8-9(2)12/h4-7,9H,3,8,12H2,1-2H3/t9-/m0/s1. The Bertz CT molecular complexity index is 274. The lowest BCUT2D eigenvalue weighted by atomic mass is 10.3. The van der Waals surface area contributed by atoms with Crippen LogP contribution in [-0.4, -0.2) is 19.3 Å². The molecule has 0 aliphatic heterocycles. The van der Waals surface area contributed by atoms with Crippen molar-refractivity contribution in [2.24, 2.45) is 5.73 Å². The van der Waals surface area contributed by atoms with E-state index in [-0.39, 0.29) is 6.04 Å². The quantitative estimate of drug-likeness (QED) is 0.779. The van der Waals surface area contributed by atoms with Gasteiger partial charge < -0.3 is 15.2 Å². The van der Waals surface area contributed by atoms with Crippen LogP contribution in [0.15, 0.2) is 24.3 Å². The number of nitrogens with two attached hydrogens (primary N) is 1. The highest BCUT2D eigenvalue weighted by Gasteiger charge is 1.98. The van der Waals surface area contributed by atoms with Gasteiger partial charge in [0.05, 0.1) is 6.61 Å². The average molecular weight is 195 g/mol. The van der Waals surface area contributed by atoms with Crippen LogP contribution in [0.2, 0.25) is 0 Å². The van der Waals surface area contributed by atoms with Crippen molar-refractivity contribution in [3.63, 3.8) is 0 Å². The fraction of sp³-hybridized carbons (Fsp3) is 0.455. The molecule has 78 valence electrons. The minimum absolute atomic E-state index is 0.0470. The summed E-state index contributed by atoms with van der Waals surface area (Å²) in [6, 6.07) is 7.62. The summed E-state index contributed by atoms with van der Waals surface area (Å²) in [4.78, 5) is 0. The molecule has 1 aromatic carbocycles. The summed E-state index contributed by atoms with van der Waals surface area (Å²) >= 11 is 0. The molecule has 3 heteroatoms. The molecule has 3 nitrogen and oxygen atoms in total. The molecule has 0 bridgehead atoms. The zero-order valence-electron chi connectivity index (χ0n) is 8.69. The minimum Gasteiger partial charge on any atom is -0.494 e. The third kappa shape index (κ3) is 3.66. The molecule has 0 spiro atoms. The number of hydrogen-bond donors (Lipinski definition) is 1. The van der Waals surface area contributed by atoms with Gasteiger partial charge in [-0.25, -0.2) is 0 Å². The van der Waals surface area contributed by atoms with Crippen molar-refractivity contribution < 1.29 is 9.47 Å². The third-order valence-corrected chi connectivity index (χ3v) is 1.63. The van der Waals surface area contributed by atoms with Crippen LogP contribution in [0, 0.1) is 0 Å². The summed E-state index contributed by atoms with van der Waals surface area (Å²) < 4.78 is 10.8. The van der Waals surface area contributed by atoms with Gasteiger partial charge in [0.15, 0.2) is 0 Å². The van der Waals surface area contributed by atoms with E-state index in [1.807, 2.05) is 38.1 Å². The van der Waals surface area contributed by atoms with Crippen molar-refractivity contribution in [1.82, 2.24) is 0 Å². The van der Waals surface area contributed by atoms with Crippen LogP contribution in [0.25, 0.3) is 0 Å². The predicted molar refractivity (Wildman–Crippen MR) is 56.8 cm³/mol. The summed E-state index contributed by atoms with van der Waals surface area (Å²) in [5.41, 5.74) is 5.58. The van der Waals surface area contributed by atoms with Gasteiger partial charge in [-0.15, -0.1) is 0 Å². The molecule has 14 heavy (non-hydrogen) atoms. The van der Waals surface area contributed by atoms with Crippen molar-refractivity contribution in [2.75, 3.05) is 13.2 Å². The van der Waals surface area contributed by atoms with Gasteiger partial charge in [0, 0.05) is 12.1 Å². The van der Waals surface area contributed by atoms with Gasteiger partial charge in [-0.2, -0.15) is 0 Å². The van der Waals surface area contributed by atoms with E-state index in [9.17, 15) is 0 Å². The van der Waals surface area contributed by atoms with Crippen molar-refractivity contribution in [3.8, 4) is 11.5 Å². The molecule has 1 rings (SSSR count). The van der Waals surface area contributed by atoms with E-state index >= 15 is 0 Å². The molecule has 1 atom stereocenters. The lowest BCUT2D eigenvalue weighted by molar-refractivity contribution is 0.291. The maximum atomic E-state index is 5.58. The van der Waals surface area contributed by atoms with Crippen LogP contribution in [0.1, 0.15) is 13.8 Å². The number of ether oxygens (including phenoxy) is 2. The van der Waals surface area contributed by atoms with Crippen LogP contribution in [0.3, 0.4) is 0 Å². The number of rotatable bonds is 5. The highest BCUT2D eigenvalue weighted by Crippen LogP contribution is 2.19. The summed E-state index contributed by atoms with van der Waals surface area (Å²) in [5.74, 6) is 1.63. The van der Waals surface area contributed by atoms with Crippen molar-refractivity contribution in [1.29, 1.82) is 0 Å². The second-order valence-corrected chi connectivity index (χ2v) is 3.20. The fourth-order valence-corrected chi connectivity index (χ4v) is 1.05. The van der Waals surface area contributed by atoms with Crippen molar-refractivity contribution >= 4 is 0 Å². The monoisotopic (exact) mass is 195 g/mol. The van der Waals surface area contributed by atoms with Gasteiger partial charge in [0.2, 0.25) is 0 Å². The number of benzene rings is 1. The second kappa shape index (κ2) is 5.50. The Morgan fingerprint density at radius 2 is 1.93 bits per heavy atom. The van der Waals surface area contributed by atoms with E-state index < -0.39 is 0 Å². The zero-order chi connectivity index (χ0) is 10.4. The smallest absolute Gasteiger partial charge is 0.123 e. The molecule has 0 unspecified atom stereocenters. The Labute approximate surface area is 84.8 Å². The molecular weight excluding hydrogens is 178 g/mol. The predicted octanol–water partition coefficient (Wildman–Crippen LogP) is 1.81.